The number of benzene rings is 1. The van der Waals surface area contributed by atoms with Gasteiger partial charge in [0.2, 0.25) is 5.13 Å². The van der Waals surface area contributed by atoms with E-state index in [1.165, 1.54) is 30.2 Å². The Balaban J connectivity index is 1.91. The summed E-state index contributed by atoms with van der Waals surface area (Å²) in [4.78, 5) is 23.4. The predicted octanol–water partition coefficient (Wildman–Crippen LogP) is 3.25. The van der Waals surface area contributed by atoms with Gasteiger partial charge in [0, 0.05) is 5.02 Å². The van der Waals surface area contributed by atoms with Crippen molar-refractivity contribution in [2.24, 2.45) is 0 Å². The number of halogens is 1. The van der Waals surface area contributed by atoms with Gasteiger partial charge in [-0.1, -0.05) is 41.6 Å². The molecule has 0 saturated carbocycles. The topological polar surface area (TPSA) is 90.4 Å². The van der Waals surface area contributed by atoms with Crippen LogP contribution in [0.5, 0.6) is 5.75 Å². The lowest BCUT2D eigenvalue weighted by Crippen LogP contribution is -2.32. The SMILES string of the molecule is CC[C@@H](Oc1ccc(Cl)cc1)C(=O)Nc1nnc(SCC(=O)OC)s1. The lowest BCUT2D eigenvalue weighted by atomic mass is 10.2. The molecule has 0 aliphatic rings. The van der Waals surface area contributed by atoms with E-state index in [0.717, 1.165) is 0 Å². The number of esters is 1. The third-order valence-corrected chi connectivity index (χ3v) is 5.13. The number of anilines is 1. The summed E-state index contributed by atoms with van der Waals surface area (Å²) < 4.78 is 10.8. The summed E-state index contributed by atoms with van der Waals surface area (Å²) in [5.74, 6) is 0.0142. The van der Waals surface area contributed by atoms with Crippen molar-refractivity contribution in [3.8, 4) is 5.75 Å². The van der Waals surface area contributed by atoms with Crippen LogP contribution < -0.4 is 10.1 Å². The van der Waals surface area contributed by atoms with Crippen LogP contribution in [0.1, 0.15) is 13.3 Å². The average molecular weight is 402 g/mol. The molecule has 25 heavy (non-hydrogen) atoms. The van der Waals surface area contributed by atoms with Gasteiger partial charge in [-0.15, -0.1) is 10.2 Å². The van der Waals surface area contributed by atoms with Crippen LogP contribution in [0.25, 0.3) is 0 Å². The number of hydrogen-bond donors (Lipinski definition) is 1. The van der Waals surface area contributed by atoms with Crippen molar-refractivity contribution in [2.75, 3.05) is 18.2 Å². The lowest BCUT2D eigenvalue weighted by molar-refractivity contribution is -0.137. The summed E-state index contributed by atoms with van der Waals surface area (Å²) in [6, 6.07) is 6.78. The normalized spacial score (nSPS) is 11.6. The first-order valence-corrected chi connectivity index (χ1v) is 9.46. The Bertz CT molecular complexity index is 724. The summed E-state index contributed by atoms with van der Waals surface area (Å²) in [7, 11) is 1.32. The molecule has 134 valence electrons. The van der Waals surface area contributed by atoms with E-state index in [9.17, 15) is 9.59 Å². The van der Waals surface area contributed by atoms with Crippen LogP contribution in [0.4, 0.5) is 5.13 Å². The number of nitrogens with zero attached hydrogens (tertiary/aromatic N) is 2. The van der Waals surface area contributed by atoms with Crippen LogP contribution in [0, 0.1) is 0 Å². The molecule has 0 radical (unpaired) electrons. The molecule has 0 unspecified atom stereocenters. The molecule has 1 N–H and O–H groups in total. The number of hydrogen-bond acceptors (Lipinski definition) is 8. The van der Waals surface area contributed by atoms with Gasteiger partial charge in [0.25, 0.3) is 5.91 Å². The number of carbonyl (C=O) groups is 2. The minimum absolute atomic E-state index is 0.135. The molecular weight excluding hydrogens is 386 g/mol. The molecule has 1 atom stereocenters. The minimum Gasteiger partial charge on any atom is -0.481 e. The fraction of sp³-hybridized carbons (Fsp3) is 0.333. The maximum Gasteiger partial charge on any atom is 0.316 e. The summed E-state index contributed by atoms with van der Waals surface area (Å²) in [5, 5.41) is 11.4. The number of carbonyl (C=O) groups excluding carboxylic acids is 2. The summed E-state index contributed by atoms with van der Waals surface area (Å²) in [5.41, 5.74) is 0. The largest absolute Gasteiger partial charge is 0.481 e. The molecular formula is C15H16ClN3O4S2. The van der Waals surface area contributed by atoms with Crippen LogP contribution in [-0.2, 0) is 14.3 Å². The van der Waals surface area contributed by atoms with E-state index in [2.05, 4.69) is 20.3 Å². The number of ether oxygens (including phenoxy) is 2. The second kappa shape index (κ2) is 9.59. The lowest BCUT2D eigenvalue weighted by Gasteiger charge is -2.16. The van der Waals surface area contributed by atoms with E-state index >= 15 is 0 Å². The van der Waals surface area contributed by atoms with Crippen molar-refractivity contribution in [1.82, 2.24) is 10.2 Å². The Kier molecular flexibility index (Phi) is 7.48. The second-order valence-corrected chi connectivity index (χ2v) is 7.33. The van der Waals surface area contributed by atoms with Crippen LogP contribution in [0.15, 0.2) is 28.6 Å². The van der Waals surface area contributed by atoms with Gasteiger partial charge >= 0.3 is 5.97 Å². The molecule has 1 aromatic heterocycles. The zero-order valence-corrected chi connectivity index (χ0v) is 15.9. The van der Waals surface area contributed by atoms with Gasteiger partial charge in [-0.25, -0.2) is 0 Å². The van der Waals surface area contributed by atoms with Gasteiger partial charge in [0.1, 0.15) is 5.75 Å². The number of nitrogens with one attached hydrogen (secondary N) is 1. The van der Waals surface area contributed by atoms with Crippen LogP contribution in [0.2, 0.25) is 5.02 Å². The molecule has 0 saturated heterocycles. The Hall–Kier alpha value is -1.84. The third-order valence-electron chi connectivity index (χ3n) is 2.93. The molecule has 0 fully saturated rings. The van der Waals surface area contributed by atoms with Crippen molar-refractivity contribution in [2.45, 2.75) is 23.8 Å². The van der Waals surface area contributed by atoms with Crippen LogP contribution >= 0.6 is 34.7 Å². The minimum atomic E-state index is -0.670. The summed E-state index contributed by atoms with van der Waals surface area (Å²) in [6.45, 7) is 1.85. The fourth-order valence-corrected chi connectivity index (χ4v) is 3.40. The van der Waals surface area contributed by atoms with Gasteiger partial charge in [0.15, 0.2) is 10.4 Å². The van der Waals surface area contributed by atoms with Gasteiger partial charge in [-0.3, -0.25) is 14.9 Å². The highest BCUT2D eigenvalue weighted by atomic mass is 35.5. The first kappa shape index (κ1) is 19.5. The highest BCUT2D eigenvalue weighted by Crippen LogP contribution is 2.26. The highest BCUT2D eigenvalue weighted by molar-refractivity contribution is 8.01. The highest BCUT2D eigenvalue weighted by Gasteiger charge is 2.20. The van der Waals surface area contributed by atoms with E-state index in [4.69, 9.17) is 16.3 Å². The fourth-order valence-electron chi connectivity index (χ4n) is 1.68. The van der Waals surface area contributed by atoms with E-state index < -0.39 is 6.10 Å². The maximum absolute atomic E-state index is 12.3. The van der Waals surface area contributed by atoms with Crippen molar-refractivity contribution in [3.63, 3.8) is 0 Å². The number of methoxy groups -OCH3 is 1. The molecule has 2 aromatic rings. The average Bonchev–Trinajstić information content (AvgIpc) is 3.06. The van der Waals surface area contributed by atoms with Crippen molar-refractivity contribution >= 4 is 51.7 Å². The number of thioether (sulfide) groups is 1. The molecule has 0 aliphatic heterocycles. The number of amides is 1. The van der Waals surface area contributed by atoms with Crippen LogP contribution in [0.3, 0.4) is 0 Å². The van der Waals surface area contributed by atoms with E-state index in [1.807, 2.05) is 6.92 Å². The first-order chi connectivity index (χ1) is 12.0. The third kappa shape index (κ3) is 6.18. The Morgan fingerprint density at radius 2 is 2.04 bits per heavy atom. The van der Waals surface area contributed by atoms with Gasteiger partial charge in [-0.2, -0.15) is 0 Å². The van der Waals surface area contributed by atoms with Crippen molar-refractivity contribution in [1.29, 1.82) is 0 Å². The number of aromatic nitrogens is 2. The summed E-state index contributed by atoms with van der Waals surface area (Å²) in [6.07, 6.45) is -0.187. The zero-order valence-electron chi connectivity index (χ0n) is 13.5. The van der Waals surface area contributed by atoms with Gasteiger partial charge < -0.3 is 9.47 Å². The van der Waals surface area contributed by atoms with Crippen LogP contribution in [-0.4, -0.2) is 41.0 Å². The first-order valence-electron chi connectivity index (χ1n) is 7.28. The van der Waals surface area contributed by atoms with E-state index in [1.54, 1.807) is 24.3 Å². The quantitative estimate of drug-likeness (QED) is 0.412. The van der Waals surface area contributed by atoms with E-state index in [0.29, 0.717) is 26.7 Å². The molecule has 0 spiro atoms. The Morgan fingerprint density at radius 1 is 1.32 bits per heavy atom. The molecule has 1 amide bonds. The van der Waals surface area contributed by atoms with Gasteiger partial charge in [-0.05, 0) is 30.7 Å². The standard InChI is InChI=1S/C15H16ClN3O4S2/c1-3-11(23-10-6-4-9(16)5-7-10)13(21)17-14-18-19-15(25-14)24-8-12(20)22-2/h4-7,11H,3,8H2,1-2H3,(H,17,18,21)/t11-/m1/s1. The second-order valence-electron chi connectivity index (χ2n) is 4.70. The molecule has 2 rings (SSSR count). The smallest absolute Gasteiger partial charge is 0.316 e. The molecule has 7 nitrogen and oxygen atoms in total. The maximum atomic E-state index is 12.3. The molecule has 1 heterocycles. The molecule has 10 heteroatoms. The van der Waals surface area contributed by atoms with Gasteiger partial charge in [0.05, 0.1) is 12.9 Å². The Labute approximate surface area is 158 Å². The predicted molar refractivity (Wildman–Crippen MR) is 97.4 cm³/mol. The molecule has 0 aliphatic carbocycles. The Morgan fingerprint density at radius 3 is 2.68 bits per heavy atom. The van der Waals surface area contributed by atoms with E-state index in [-0.39, 0.29) is 17.6 Å². The molecule has 0 bridgehead atoms. The monoisotopic (exact) mass is 401 g/mol. The van der Waals surface area contributed by atoms with Crippen molar-refractivity contribution < 1.29 is 19.1 Å². The number of rotatable bonds is 8. The summed E-state index contributed by atoms with van der Waals surface area (Å²) >= 11 is 8.20. The van der Waals surface area contributed by atoms with Crippen molar-refractivity contribution in [3.05, 3.63) is 29.3 Å². The molecule has 1 aromatic carbocycles. The zero-order chi connectivity index (χ0) is 18.2.